The van der Waals surface area contributed by atoms with E-state index in [2.05, 4.69) is 6.92 Å². The summed E-state index contributed by atoms with van der Waals surface area (Å²) >= 11 is 5.56. The molecule has 4 aliphatic carbocycles. The van der Waals surface area contributed by atoms with Crippen LogP contribution in [0.25, 0.3) is 0 Å². The first kappa shape index (κ1) is 16.0. The third-order valence-corrected chi connectivity index (χ3v) is 10.5. The molecule has 5 rings (SSSR count). The maximum absolute atomic E-state index is 11.3. The Labute approximate surface area is 149 Å². The molecule has 0 radical (unpaired) electrons. The minimum absolute atomic E-state index is 0.235. The van der Waals surface area contributed by atoms with E-state index in [1.165, 1.54) is 38.5 Å². The van der Waals surface area contributed by atoms with E-state index in [-0.39, 0.29) is 10.6 Å². The van der Waals surface area contributed by atoms with Gasteiger partial charge in [-0.3, -0.25) is 0 Å². The molecule has 2 atom stereocenters. The summed E-state index contributed by atoms with van der Waals surface area (Å²) in [6.07, 6.45) is 8.46. The molecule has 0 amide bonds. The van der Waals surface area contributed by atoms with Gasteiger partial charge in [0.2, 0.25) is 0 Å². The van der Waals surface area contributed by atoms with Crippen LogP contribution in [0.1, 0.15) is 45.4 Å². The molecule has 1 aromatic rings. The molecule has 4 bridgehead atoms. The first-order chi connectivity index (χ1) is 10.9. The van der Waals surface area contributed by atoms with E-state index in [1.807, 2.05) is 6.07 Å². The Hall–Kier alpha value is -0.532. The van der Waals surface area contributed by atoms with Gasteiger partial charge in [-0.05, 0) is 0 Å². The van der Waals surface area contributed by atoms with Crippen molar-refractivity contribution in [3.8, 4) is 0 Å². The van der Waals surface area contributed by atoms with Crippen LogP contribution in [0, 0.1) is 33.3 Å². The van der Waals surface area contributed by atoms with Crippen LogP contribution in [0.5, 0.6) is 0 Å². The molecule has 4 saturated carbocycles. The van der Waals surface area contributed by atoms with Crippen LogP contribution < -0.4 is 4.35 Å². The van der Waals surface area contributed by atoms with Gasteiger partial charge in [0.25, 0.3) is 0 Å². The van der Waals surface area contributed by atoms with Crippen LogP contribution in [0.3, 0.4) is 0 Å². The average Bonchev–Trinajstić information content (AvgIpc) is 2.45. The zero-order valence-corrected chi connectivity index (χ0v) is 16.3. The molecular weight excluding hydrogens is 373 g/mol. The van der Waals surface area contributed by atoms with Gasteiger partial charge in [0, 0.05) is 0 Å². The van der Waals surface area contributed by atoms with E-state index in [1.54, 1.807) is 12.1 Å². The van der Waals surface area contributed by atoms with Crippen molar-refractivity contribution in [2.75, 3.05) is 0 Å². The van der Waals surface area contributed by atoms with E-state index in [0.29, 0.717) is 15.1 Å². The van der Waals surface area contributed by atoms with Crippen molar-refractivity contribution in [3.63, 3.8) is 0 Å². The molecule has 2 unspecified atom stereocenters. The van der Waals surface area contributed by atoms with Gasteiger partial charge in [0.15, 0.2) is 0 Å². The van der Waals surface area contributed by atoms with E-state index in [0.717, 1.165) is 22.1 Å². The van der Waals surface area contributed by atoms with Gasteiger partial charge in [-0.25, -0.2) is 0 Å². The van der Waals surface area contributed by atoms with Gasteiger partial charge in [-0.2, -0.15) is 0 Å². The van der Waals surface area contributed by atoms with E-state index < -0.39 is 15.8 Å². The summed E-state index contributed by atoms with van der Waals surface area (Å²) in [6, 6.07) is 5.09. The number of halogens is 1. The van der Waals surface area contributed by atoms with E-state index in [9.17, 15) is 10.1 Å². The zero-order chi connectivity index (χ0) is 16.2. The predicted molar refractivity (Wildman–Crippen MR) is 94.9 cm³/mol. The summed E-state index contributed by atoms with van der Waals surface area (Å²) in [5.74, 6) is 2.80. The van der Waals surface area contributed by atoms with Gasteiger partial charge in [-0.15, -0.1) is 0 Å². The van der Waals surface area contributed by atoms with Gasteiger partial charge < -0.3 is 0 Å². The van der Waals surface area contributed by atoms with Gasteiger partial charge in [0.05, 0.1) is 0 Å². The Kier molecular flexibility index (Phi) is 4.01. The second-order valence-corrected chi connectivity index (χ2v) is 12.1. The van der Waals surface area contributed by atoms with Crippen LogP contribution in [-0.4, -0.2) is 20.7 Å². The molecule has 0 aromatic heterocycles. The van der Waals surface area contributed by atoms with Crippen molar-refractivity contribution in [2.45, 2.75) is 50.2 Å². The van der Waals surface area contributed by atoms with Crippen LogP contribution in [0.2, 0.25) is 9.73 Å². The first-order valence-corrected chi connectivity index (χ1v) is 11.3. The van der Waals surface area contributed by atoms with Crippen molar-refractivity contribution in [1.82, 2.24) is 0 Å². The third kappa shape index (κ3) is 2.85. The van der Waals surface area contributed by atoms with Crippen LogP contribution in [0.15, 0.2) is 18.2 Å². The number of rotatable bonds is 4. The van der Waals surface area contributed by atoms with Crippen molar-refractivity contribution in [2.24, 2.45) is 23.2 Å². The topological polar surface area (TPSA) is 43.1 Å². The number of hydrogen-bond acceptors (Lipinski definition) is 2. The van der Waals surface area contributed by atoms with Crippen molar-refractivity contribution < 1.29 is 4.92 Å². The first-order valence-electron chi connectivity index (χ1n) is 8.66. The molecule has 0 heterocycles. The maximum atomic E-state index is 11.3. The fourth-order valence-corrected chi connectivity index (χ4v) is 9.78. The van der Waals surface area contributed by atoms with Crippen LogP contribution in [-0.2, 0) is 0 Å². The Bertz CT molecular complexity index is 613. The molecular formula is C18H23AsClNO2. The number of nitrogens with zero attached hydrogens (tertiary/aromatic N) is 1. The predicted octanol–water partition coefficient (Wildman–Crippen LogP) is 4.33. The molecule has 124 valence electrons. The molecule has 4 aliphatic rings. The zero-order valence-electron chi connectivity index (χ0n) is 13.4. The second kappa shape index (κ2) is 5.77. The summed E-state index contributed by atoms with van der Waals surface area (Å²) in [5, 5.41) is 12.0. The van der Waals surface area contributed by atoms with Crippen LogP contribution >= 0.6 is 11.6 Å². The average molecular weight is 396 g/mol. The van der Waals surface area contributed by atoms with E-state index >= 15 is 0 Å². The molecule has 4 fully saturated rings. The summed E-state index contributed by atoms with van der Waals surface area (Å²) in [5.41, 5.74) is 0.760. The van der Waals surface area contributed by atoms with Gasteiger partial charge in [-0.1, -0.05) is 0 Å². The standard InChI is InChI=1S/C18H23AsClNO2/c1-11(19-16-7-15(20)2-3-17(16)21(22)23)18-8-12-4-13(9-18)6-14(5-12)10-18/h2-3,7,11-14,19H,4-6,8-10H2,1H3. The third-order valence-electron chi connectivity index (χ3n) is 6.53. The second-order valence-electron chi connectivity index (χ2n) is 8.06. The van der Waals surface area contributed by atoms with E-state index in [4.69, 9.17) is 11.6 Å². The Balaban J connectivity index is 1.60. The fraction of sp³-hybridized carbons (Fsp3) is 0.667. The summed E-state index contributed by atoms with van der Waals surface area (Å²) < 4.78 is 1.55. The summed E-state index contributed by atoms with van der Waals surface area (Å²) in [4.78, 5) is 11.1. The normalized spacial score (nSPS) is 36.7. The molecule has 0 N–H and O–H groups in total. The molecule has 0 spiro atoms. The molecule has 1 aromatic carbocycles. The number of hydrogen-bond donors (Lipinski definition) is 0. The molecule has 3 nitrogen and oxygen atoms in total. The van der Waals surface area contributed by atoms with Gasteiger partial charge >= 0.3 is 149 Å². The Morgan fingerprint density at radius 2 is 1.78 bits per heavy atom. The summed E-state index contributed by atoms with van der Waals surface area (Å²) in [7, 11) is 0. The molecule has 0 saturated heterocycles. The monoisotopic (exact) mass is 395 g/mol. The van der Waals surface area contributed by atoms with Crippen molar-refractivity contribution >= 4 is 37.4 Å². The molecule has 5 heteroatoms. The molecule has 0 aliphatic heterocycles. The number of benzene rings is 1. The Morgan fingerprint density at radius 3 is 2.30 bits per heavy atom. The van der Waals surface area contributed by atoms with Crippen LogP contribution in [0.4, 0.5) is 5.69 Å². The van der Waals surface area contributed by atoms with Crippen molar-refractivity contribution in [3.05, 3.63) is 33.3 Å². The number of nitro groups is 1. The summed E-state index contributed by atoms with van der Waals surface area (Å²) in [6.45, 7) is 2.37. The van der Waals surface area contributed by atoms with Gasteiger partial charge in [0.1, 0.15) is 0 Å². The quantitative estimate of drug-likeness (QED) is 0.432. The minimum atomic E-state index is -0.561. The molecule has 23 heavy (non-hydrogen) atoms. The fourth-order valence-electron chi connectivity index (χ4n) is 5.88. The number of nitro benzene ring substituents is 1. The SMILES string of the molecule is CC([AsH]c1cc(Cl)ccc1[N+](=O)[O-])C12CC3CC(CC(C3)C1)C2. The Morgan fingerprint density at radius 1 is 1.22 bits per heavy atom. The van der Waals surface area contributed by atoms with Crippen molar-refractivity contribution in [1.29, 1.82) is 0 Å².